The summed E-state index contributed by atoms with van der Waals surface area (Å²) in [7, 11) is 0. The molecule has 1 aromatic rings. The molecule has 0 aliphatic carbocycles. The normalized spacial score (nSPS) is 13.3. The molecule has 1 N–H and O–H groups in total. The van der Waals surface area contributed by atoms with Crippen molar-refractivity contribution in [3.8, 4) is 0 Å². The van der Waals surface area contributed by atoms with Crippen molar-refractivity contribution in [2.45, 2.75) is 26.8 Å². The summed E-state index contributed by atoms with van der Waals surface area (Å²) in [5.74, 6) is 0.666. The lowest BCUT2D eigenvalue weighted by molar-refractivity contribution is 0.465. The van der Waals surface area contributed by atoms with Gasteiger partial charge in [0.25, 0.3) is 0 Å². The van der Waals surface area contributed by atoms with E-state index >= 15 is 0 Å². The summed E-state index contributed by atoms with van der Waals surface area (Å²) >= 11 is 5.00. The number of rotatable bonds is 3. The van der Waals surface area contributed by atoms with E-state index < -0.39 is 0 Å². The highest BCUT2D eigenvalue weighted by molar-refractivity contribution is 7.71. The first kappa shape index (κ1) is 8.46. The van der Waals surface area contributed by atoms with Crippen LogP contribution in [0.5, 0.6) is 0 Å². The van der Waals surface area contributed by atoms with Crippen molar-refractivity contribution in [1.29, 1.82) is 0 Å². The molecule has 1 aromatic heterocycles. The van der Waals surface area contributed by atoms with Crippen LogP contribution in [0.25, 0.3) is 0 Å². The zero-order chi connectivity index (χ0) is 8.27. The summed E-state index contributed by atoms with van der Waals surface area (Å²) in [5, 5.41) is 6.57. The summed E-state index contributed by atoms with van der Waals surface area (Å²) in [6.45, 7) is 5.34. The summed E-state index contributed by atoms with van der Waals surface area (Å²) < 4.78 is 2.68. The second-order valence-electron chi connectivity index (χ2n) is 2.83. The Balaban J connectivity index is 2.64. The van der Waals surface area contributed by atoms with Crippen LogP contribution in [-0.2, 0) is 6.54 Å². The zero-order valence-electron chi connectivity index (χ0n) is 6.87. The van der Waals surface area contributed by atoms with Gasteiger partial charge in [-0.1, -0.05) is 20.3 Å². The van der Waals surface area contributed by atoms with Crippen molar-refractivity contribution < 1.29 is 0 Å². The maximum atomic E-state index is 5.00. The Hall–Kier alpha value is -0.640. The summed E-state index contributed by atoms with van der Waals surface area (Å²) in [5.41, 5.74) is 0. The average molecular weight is 171 g/mol. The number of aromatic amines is 1. The molecule has 0 saturated carbocycles. The van der Waals surface area contributed by atoms with Gasteiger partial charge in [0.05, 0.1) is 0 Å². The number of nitrogens with zero attached hydrogens (tertiary/aromatic N) is 2. The predicted octanol–water partition coefficient (Wildman–Crippen LogP) is 1.99. The van der Waals surface area contributed by atoms with E-state index in [-0.39, 0.29) is 0 Å². The van der Waals surface area contributed by atoms with Crippen molar-refractivity contribution in [3.05, 3.63) is 11.1 Å². The van der Waals surface area contributed by atoms with Crippen molar-refractivity contribution in [2.75, 3.05) is 0 Å². The minimum Gasteiger partial charge on any atom is -0.306 e. The molecule has 0 saturated heterocycles. The van der Waals surface area contributed by atoms with E-state index in [0.717, 1.165) is 6.54 Å². The molecule has 0 bridgehead atoms. The van der Waals surface area contributed by atoms with Crippen molar-refractivity contribution in [3.63, 3.8) is 0 Å². The van der Waals surface area contributed by atoms with Crippen LogP contribution in [0.4, 0.5) is 0 Å². The van der Waals surface area contributed by atoms with Crippen LogP contribution in [0, 0.1) is 10.7 Å². The third kappa shape index (κ3) is 2.15. The zero-order valence-corrected chi connectivity index (χ0v) is 7.69. The lowest BCUT2D eigenvalue weighted by atomic mass is 10.1. The van der Waals surface area contributed by atoms with Crippen LogP contribution in [0.3, 0.4) is 0 Å². The molecular weight excluding hydrogens is 158 g/mol. The monoisotopic (exact) mass is 171 g/mol. The van der Waals surface area contributed by atoms with Gasteiger partial charge in [-0.25, -0.2) is 0 Å². The molecule has 0 aromatic carbocycles. The lowest BCUT2D eigenvalue weighted by Crippen LogP contribution is -2.05. The molecule has 1 atom stereocenters. The summed E-state index contributed by atoms with van der Waals surface area (Å²) in [6, 6.07) is 0. The standard InChI is InChI=1S/C7H13N3S/c1-3-6(2)4-10-5-8-9-7(10)11/h5-6H,3-4H2,1-2H3,(H,9,11). The average Bonchev–Trinajstić information content (AvgIpc) is 2.37. The highest BCUT2D eigenvalue weighted by Crippen LogP contribution is 2.03. The molecule has 1 rings (SSSR count). The number of H-pyrrole nitrogens is 1. The van der Waals surface area contributed by atoms with E-state index in [1.165, 1.54) is 6.42 Å². The van der Waals surface area contributed by atoms with E-state index in [4.69, 9.17) is 12.2 Å². The Kier molecular flexibility index (Phi) is 2.82. The van der Waals surface area contributed by atoms with Gasteiger partial charge in [-0.05, 0) is 18.1 Å². The Morgan fingerprint density at radius 3 is 3.00 bits per heavy atom. The fourth-order valence-electron chi connectivity index (χ4n) is 0.865. The number of aromatic nitrogens is 3. The Morgan fingerprint density at radius 1 is 1.82 bits per heavy atom. The topological polar surface area (TPSA) is 33.6 Å². The molecule has 0 aliphatic heterocycles. The maximum Gasteiger partial charge on any atom is 0.194 e. The van der Waals surface area contributed by atoms with Crippen LogP contribution in [0.1, 0.15) is 20.3 Å². The molecule has 0 aliphatic rings. The molecule has 11 heavy (non-hydrogen) atoms. The van der Waals surface area contributed by atoms with E-state index in [2.05, 4.69) is 24.0 Å². The summed E-state index contributed by atoms with van der Waals surface area (Å²) in [4.78, 5) is 0. The predicted molar refractivity (Wildman–Crippen MR) is 46.9 cm³/mol. The molecule has 0 spiro atoms. The van der Waals surface area contributed by atoms with Gasteiger partial charge in [0.15, 0.2) is 4.77 Å². The quantitative estimate of drug-likeness (QED) is 0.705. The van der Waals surface area contributed by atoms with Crippen LogP contribution in [0.15, 0.2) is 6.33 Å². The van der Waals surface area contributed by atoms with Gasteiger partial charge in [-0.15, -0.1) is 0 Å². The van der Waals surface area contributed by atoms with Gasteiger partial charge >= 0.3 is 0 Å². The number of hydrogen-bond donors (Lipinski definition) is 1. The fourth-order valence-corrected chi connectivity index (χ4v) is 1.04. The van der Waals surface area contributed by atoms with Crippen LogP contribution >= 0.6 is 12.2 Å². The highest BCUT2D eigenvalue weighted by Gasteiger charge is 2.00. The SMILES string of the molecule is CCC(C)Cn1cn[nH]c1=S. The van der Waals surface area contributed by atoms with Gasteiger partial charge < -0.3 is 4.57 Å². The van der Waals surface area contributed by atoms with E-state index in [1.807, 2.05) is 4.57 Å². The molecule has 3 nitrogen and oxygen atoms in total. The van der Waals surface area contributed by atoms with Crippen molar-refractivity contribution in [1.82, 2.24) is 14.8 Å². The van der Waals surface area contributed by atoms with Gasteiger partial charge in [0, 0.05) is 6.54 Å². The van der Waals surface area contributed by atoms with Crippen molar-refractivity contribution in [2.24, 2.45) is 5.92 Å². The second-order valence-corrected chi connectivity index (χ2v) is 3.21. The first-order chi connectivity index (χ1) is 5.24. The molecular formula is C7H13N3S. The molecule has 1 heterocycles. The third-order valence-electron chi connectivity index (χ3n) is 1.82. The first-order valence-electron chi connectivity index (χ1n) is 3.83. The van der Waals surface area contributed by atoms with Gasteiger partial charge in [-0.2, -0.15) is 5.10 Å². The molecule has 0 amide bonds. The number of hydrogen-bond acceptors (Lipinski definition) is 2. The van der Waals surface area contributed by atoms with Crippen LogP contribution in [-0.4, -0.2) is 14.8 Å². The Labute approximate surface area is 71.4 Å². The first-order valence-corrected chi connectivity index (χ1v) is 4.24. The van der Waals surface area contributed by atoms with E-state index in [9.17, 15) is 0 Å². The molecule has 4 heteroatoms. The van der Waals surface area contributed by atoms with Gasteiger partial charge in [-0.3, -0.25) is 5.10 Å². The highest BCUT2D eigenvalue weighted by atomic mass is 32.1. The van der Waals surface area contributed by atoms with Crippen molar-refractivity contribution >= 4 is 12.2 Å². The minimum absolute atomic E-state index is 0.666. The van der Waals surface area contributed by atoms with Crippen LogP contribution in [0.2, 0.25) is 0 Å². The van der Waals surface area contributed by atoms with Crippen LogP contribution < -0.4 is 0 Å². The van der Waals surface area contributed by atoms with Gasteiger partial charge in [0.1, 0.15) is 6.33 Å². The maximum absolute atomic E-state index is 5.00. The molecule has 0 radical (unpaired) electrons. The molecule has 0 fully saturated rings. The lowest BCUT2D eigenvalue weighted by Gasteiger charge is -2.07. The fraction of sp³-hybridized carbons (Fsp3) is 0.714. The number of nitrogens with one attached hydrogen (secondary N) is 1. The summed E-state index contributed by atoms with van der Waals surface area (Å²) in [6.07, 6.45) is 2.92. The Bertz CT molecular complexity index is 263. The van der Waals surface area contributed by atoms with E-state index in [1.54, 1.807) is 6.33 Å². The van der Waals surface area contributed by atoms with Gasteiger partial charge in [0.2, 0.25) is 0 Å². The minimum atomic E-state index is 0.666. The largest absolute Gasteiger partial charge is 0.306 e. The second kappa shape index (κ2) is 3.67. The van der Waals surface area contributed by atoms with E-state index in [0.29, 0.717) is 10.7 Å². The molecule has 62 valence electrons. The Morgan fingerprint density at radius 2 is 2.55 bits per heavy atom. The molecule has 1 unspecified atom stereocenters. The smallest absolute Gasteiger partial charge is 0.194 e. The third-order valence-corrected chi connectivity index (χ3v) is 2.15.